The lowest BCUT2D eigenvalue weighted by Crippen LogP contribution is -2.45. The highest BCUT2D eigenvalue weighted by Gasteiger charge is 2.37. The second-order valence-electron chi connectivity index (χ2n) is 10.3. The minimum absolute atomic E-state index is 0.0153. The van der Waals surface area contributed by atoms with Gasteiger partial charge in [0.05, 0.1) is 4.70 Å². The monoisotopic (exact) mass is 579 g/mol. The molecule has 2 aromatic carbocycles. The number of rotatable bonds is 13. The van der Waals surface area contributed by atoms with Crippen molar-refractivity contribution >= 4 is 39.1 Å². The van der Waals surface area contributed by atoms with Crippen LogP contribution in [0.1, 0.15) is 62.5 Å². The first-order valence-corrected chi connectivity index (χ1v) is 14.9. The van der Waals surface area contributed by atoms with Crippen LogP contribution in [0.25, 0.3) is 10.2 Å². The molecular formula is C29H36ClF2N3O3S. The van der Waals surface area contributed by atoms with Crippen molar-refractivity contribution in [2.24, 2.45) is 0 Å². The van der Waals surface area contributed by atoms with Gasteiger partial charge in [-0.25, -0.2) is 8.78 Å². The lowest BCUT2D eigenvalue weighted by Gasteiger charge is -2.37. The summed E-state index contributed by atoms with van der Waals surface area (Å²) in [5.74, 6) is -2.55. The predicted molar refractivity (Wildman–Crippen MR) is 153 cm³/mol. The molecule has 0 radical (unpaired) electrons. The quantitative estimate of drug-likeness (QED) is 0.208. The van der Waals surface area contributed by atoms with E-state index in [1.54, 1.807) is 6.07 Å². The number of alkyl halides is 2. The number of hydrogen-bond acceptors (Lipinski definition) is 5. The summed E-state index contributed by atoms with van der Waals surface area (Å²) < 4.78 is 28.4. The summed E-state index contributed by atoms with van der Waals surface area (Å²) in [5.41, 5.74) is 2.66. The third-order valence-electron chi connectivity index (χ3n) is 7.45. The number of hydrogen-bond donors (Lipinski definition) is 3. The van der Waals surface area contributed by atoms with Crippen molar-refractivity contribution in [2.75, 3.05) is 19.6 Å². The average Bonchev–Trinajstić information content (AvgIpc) is 3.31. The standard InChI is InChI=1S/C29H36ClF2N3O3S/c30-22-8-5-20(6-9-22)13-17-33-18-14-25(37)35(23-11-15-29(31,32)16-12-23)19-3-1-2-4-21-7-10-24(36)26-27(21)39-28(38)34-26/h5-10,23,33,36H,1-4,11-19H2,(H,34,38). The van der Waals surface area contributed by atoms with Gasteiger partial charge >= 0.3 is 4.87 Å². The van der Waals surface area contributed by atoms with E-state index in [0.29, 0.717) is 42.9 Å². The van der Waals surface area contributed by atoms with E-state index in [1.807, 2.05) is 35.2 Å². The number of carbonyl (C=O) groups excluding carboxylic acids is 1. The third-order valence-corrected chi connectivity index (χ3v) is 8.66. The van der Waals surface area contributed by atoms with Crippen LogP contribution in [0.3, 0.4) is 0 Å². The molecule has 1 fully saturated rings. The molecular weight excluding hydrogens is 544 g/mol. The van der Waals surface area contributed by atoms with Gasteiger partial charge in [0, 0.05) is 43.4 Å². The molecule has 0 saturated heterocycles. The number of nitrogens with one attached hydrogen (secondary N) is 2. The van der Waals surface area contributed by atoms with Crippen LogP contribution in [0, 0.1) is 0 Å². The van der Waals surface area contributed by atoms with Gasteiger partial charge in [0.2, 0.25) is 11.8 Å². The van der Waals surface area contributed by atoms with Crippen molar-refractivity contribution in [2.45, 2.75) is 76.2 Å². The Labute approximate surface area is 236 Å². The fourth-order valence-corrected chi connectivity index (χ4v) is 6.26. The van der Waals surface area contributed by atoms with Gasteiger partial charge in [-0.15, -0.1) is 0 Å². The number of H-pyrrole nitrogens is 1. The SMILES string of the molecule is O=C(CCNCCc1ccc(Cl)cc1)N(CCCCCc1ccc(O)c2[nH]c(=O)sc12)C1CCC(F)(F)CC1. The number of aromatic hydroxyl groups is 1. The molecule has 0 spiro atoms. The highest BCUT2D eigenvalue weighted by atomic mass is 35.5. The molecule has 212 valence electrons. The van der Waals surface area contributed by atoms with Crippen LogP contribution in [-0.2, 0) is 17.6 Å². The molecule has 0 atom stereocenters. The molecule has 1 heterocycles. The Kier molecular flexibility index (Phi) is 10.4. The van der Waals surface area contributed by atoms with Gasteiger partial charge in [-0.1, -0.05) is 47.6 Å². The largest absolute Gasteiger partial charge is 0.506 e. The number of aryl methyl sites for hydroxylation is 1. The van der Waals surface area contributed by atoms with Crippen LogP contribution in [0.4, 0.5) is 8.78 Å². The number of nitrogens with zero attached hydrogens (tertiary/aromatic N) is 1. The van der Waals surface area contributed by atoms with E-state index in [4.69, 9.17) is 11.6 Å². The Balaban J connectivity index is 1.25. The first-order valence-electron chi connectivity index (χ1n) is 13.7. The van der Waals surface area contributed by atoms with Gasteiger partial charge in [-0.3, -0.25) is 9.59 Å². The van der Waals surface area contributed by atoms with Crippen molar-refractivity contribution in [1.82, 2.24) is 15.2 Å². The zero-order chi connectivity index (χ0) is 27.8. The van der Waals surface area contributed by atoms with Gasteiger partial charge in [0.1, 0.15) is 11.3 Å². The summed E-state index contributed by atoms with van der Waals surface area (Å²) in [6.45, 7) is 1.84. The van der Waals surface area contributed by atoms with E-state index in [1.165, 1.54) is 5.56 Å². The summed E-state index contributed by atoms with van der Waals surface area (Å²) in [5, 5.41) is 14.0. The van der Waals surface area contributed by atoms with Crippen LogP contribution in [-0.4, -0.2) is 52.5 Å². The Morgan fingerprint density at radius 1 is 1.08 bits per heavy atom. The molecule has 0 aliphatic heterocycles. The first kappa shape index (κ1) is 29.5. The average molecular weight is 580 g/mol. The van der Waals surface area contributed by atoms with Crippen LogP contribution in [0.5, 0.6) is 5.75 Å². The number of unbranched alkanes of at least 4 members (excludes halogenated alkanes) is 2. The molecule has 3 N–H and O–H groups in total. The number of carbonyl (C=O) groups is 1. The molecule has 4 rings (SSSR count). The summed E-state index contributed by atoms with van der Waals surface area (Å²) in [4.78, 5) is 29.2. The molecule has 1 aromatic heterocycles. The molecule has 1 aliphatic rings. The summed E-state index contributed by atoms with van der Waals surface area (Å²) in [6, 6.07) is 11.0. The highest BCUT2D eigenvalue weighted by molar-refractivity contribution is 7.16. The first-order chi connectivity index (χ1) is 18.7. The Hall–Kier alpha value is -2.49. The topological polar surface area (TPSA) is 85.4 Å². The maximum atomic E-state index is 13.8. The number of aromatic amines is 1. The maximum absolute atomic E-state index is 13.8. The minimum atomic E-state index is -2.63. The lowest BCUT2D eigenvalue weighted by atomic mass is 9.90. The lowest BCUT2D eigenvalue weighted by molar-refractivity contribution is -0.136. The van der Waals surface area contributed by atoms with Gasteiger partial charge in [0.25, 0.3) is 0 Å². The molecule has 6 nitrogen and oxygen atoms in total. The van der Waals surface area contributed by atoms with Gasteiger partial charge in [-0.2, -0.15) is 0 Å². The summed E-state index contributed by atoms with van der Waals surface area (Å²) >= 11 is 7.03. The predicted octanol–water partition coefficient (Wildman–Crippen LogP) is 6.29. The van der Waals surface area contributed by atoms with Crippen molar-refractivity contribution in [3.8, 4) is 5.75 Å². The fraction of sp³-hybridized carbons (Fsp3) is 0.517. The Bertz CT molecular complexity index is 1290. The van der Waals surface area contributed by atoms with E-state index in [9.17, 15) is 23.5 Å². The minimum Gasteiger partial charge on any atom is -0.506 e. The number of fused-ring (bicyclic) bond motifs is 1. The van der Waals surface area contributed by atoms with Gasteiger partial charge in [-0.05, 0) is 74.4 Å². The zero-order valence-corrected chi connectivity index (χ0v) is 23.6. The number of thiazole rings is 1. The fourth-order valence-electron chi connectivity index (χ4n) is 5.24. The molecule has 1 amide bonds. The van der Waals surface area contributed by atoms with Gasteiger partial charge < -0.3 is 20.3 Å². The number of amides is 1. The van der Waals surface area contributed by atoms with Crippen molar-refractivity contribution in [3.05, 3.63) is 62.2 Å². The van der Waals surface area contributed by atoms with Crippen LogP contribution in [0.15, 0.2) is 41.2 Å². The second kappa shape index (κ2) is 13.7. The number of benzene rings is 2. The number of aromatic nitrogens is 1. The van der Waals surface area contributed by atoms with E-state index < -0.39 is 5.92 Å². The van der Waals surface area contributed by atoms with Crippen LogP contribution < -0.4 is 10.2 Å². The molecule has 0 unspecified atom stereocenters. The van der Waals surface area contributed by atoms with Crippen molar-refractivity contribution in [3.63, 3.8) is 0 Å². The molecule has 3 aromatic rings. The normalized spacial score (nSPS) is 15.6. The molecule has 39 heavy (non-hydrogen) atoms. The molecule has 1 aliphatic carbocycles. The Morgan fingerprint density at radius 3 is 2.56 bits per heavy atom. The van der Waals surface area contributed by atoms with Gasteiger partial charge in [0.15, 0.2) is 0 Å². The molecule has 1 saturated carbocycles. The van der Waals surface area contributed by atoms with Crippen LogP contribution in [0.2, 0.25) is 5.02 Å². The van der Waals surface area contributed by atoms with Crippen LogP contribution >= 0.6 is 22.9 Å². The Morgan fingerprint density at radius 2 is 1.82 bits per heavy atom. The van der Waals surface area contributed by atoms with E-state index >= 15 is 0 Å². The van der Waals surface area contributed by atoms with E-state index in [2.05, 4.69) is 10.3 Å². The maximum Gasteiger partial charge on any atom is 0.305 e. The summed E-state index contributed by atoms with van der Waals surface area (Å²) in [6.07, 6.45) is 4.77. The smallest absolute Gasteiger partial charge is 0.305 e. The van der Waals surface area contributed by atoms with Crippen molar-refractivity contribution < 1.29 is 18.7 Å². The molecule has 0 bridgehead atoms. The number of halogens is 3. The number of phenols is 1. The van der Waals surface area contributed by atoms with E-state index in [-0.39, 0.29) is 35.4 Å². The zero-order valence-electron chi connectivity index (χ0n) is 22.0. The number of phenolic OH excluding ortho intramolecular Hbond substituents is 1. The third kappa shape index (κ3) is 8.50. The van der Waals surface area contributed by atoms with E-state index in [0.717, 1.165) is 60.2 Å². The molecule has 10 heteroatoms. The second-order valence-corrected chi connectivity index (χ2v) is 11.7. The highest BCUT2D eigenvalue weighted by Crippen LogP contribution is 2.35. The van der Waals surface area contributed by atoms with Crippen molar-refractivity contribution in [1.29, 1.82) is 0 Å². The summed E-state index contributed by atoms with van der Waals surface area (Å²) in [7, 11) is 0.